The molecule has 2 nitrogen and oxygen atoms in total. The lowest BCUT2D eigenvalue weighted by Gasteiger charge is -2.17. The quantitative estimate of drug-likeness (QED) is 0.648. The summed E-state index contributed by atoms with van der Waals surface area (Å²) >= 11 is 0. The molecule has 0 aromatic heterocycles. The average molecular weight is 250 g/mol. The zero-order chi connectivity index (χ0) is 13.3. The molecule has 18 heavy (non-hydrogen) atoms. The topological polar surface area (TPSA) is 18.5 Å². The molecule has 0 unspecified atom stereocenters. The Labute approximate surface area is 111 Å². The first-order valence-electron chi connectivity index (χ1n) is 6.77. The zero-order valence-corrected chi connectivity index (χ0v) is 11.9. The van der Waals surface area contributed by atoms with E-state index in [2.05, 4.69) is 32.9 Å². The minimum absolute atomic E-state index is 0.410. The van der Waals surface area contributed by atoms with Gasteiger partial charge < -0.3 is 9.47 Å². The molecule has 0 spiro atoms. The van der Waals surface area contributed by atoms with Gasteiger partial charge in [0.2, 0.25) is 0 Å². The summed E-state index contributed by atoms with van der Waals surface area (Å²) in [5.74, 6) is 0. The van der Waals surface area contributed by atoms with Crippen molar-refractivity contribution in [3.05, 3.63) is 35.9 Å². The smallest absolute Gasteiger partial charge is 0.0718 e. The number of hydrogen-bond donors (Lipinski definition) is 0. The normalized spacial score (nSPS) is 11.7. The first kappa shape index (κ1) is 15.2. The van der Waals surface area contributed by atoms with E-state index in [9.17, 15) is 0 Å². The fourth-order valence-corrected chi connectivity index (χ4v) is 1.69. The van der Waals surface area contributed by atoms with Gasteiger partial charge in [0.05, 0.1) is 19.8 Å². The van der Waals surface area contributed by atoms with Crippen LogP contribution in [0.15, 0.2) is 30.3 Å². The molecule has 0 heterocycles. The van der Waals surface area contributed by atoms with Crippen LogP contribution in [0.2, 0.25) is 0 Å². The molecule has 0 fully saturated rings. The van der Waals surface area contributed by atoms with Gasteiger partial charge in [-0.25, -0.2) is 0 Å². The fraction of sp³-hybridized carbons (Fsp3) is 0.625. The van der Waals surface area contributed by atoms with Crippen LogP contribution in [0.4, 0.5) is 0 Å². The summed E-state index contributed by atoms with van der Waals surface area (Å²) in [6, 6.07) is 10.2. The zero-order valence-electron chi connectivity index (χ0n) is 11.9. The standard InChI is InChI=1S/C16H26O2/c1-16(2,3)10-7-11-17-12-13-18-14-15-8-5-4-6-9-15/h4-6,8-9H,7,10-14H2,1-3H3. The summed E-state index contributed by atoms with van der Waals surface area (Å²) < 4.78 is 11.1. The van der Waals surface area contributed by atoms with Gasteiger partial charge in [-0.2, -0.15) is 0 Å². The van der Waals surface area contributed by atoms with Gasteiger partial charge in [-0.1, -0.05) is 51.1 Å². The van der Waals surface area contributed by atoms with Gasteiger partial charge in [-0.15, -0.1) is 0 Å². The third-order valence-corrected chi connectivity index (χ3v) is 2.70. The summed E-state index contributed by atoms with van der Waals surface area (Å²) in [5.41, 5.74) is 1.62. The van der Waals surface area contributed by atoms with Gasteiger partial charge >= 0.3 is 0 Å². The van der Waals surface area contributed by atoms with Crippen LogP contribution in [0.3, 0.4) is 0 Å². The van der Waals surface area contributed by atoms with E-state index in [1.54, 1.807) is 0 Å². The van der Waals surface area contributed by atoms with Crippen molar-refractivity contribution in [3.63, 3.8) is 0 Å². The van der Waals surface area contributed by atoms with Gasteiger partial charge in [0.25, 0.3) is 0 Å². The van der Waals surface area contributed by atoms with E-state index in [0.717, 1.165) is 13.0 Å². The Morgan fingerprint density at radius 2 is 1.56 bits per heavy atom. The molecular formula is C16H26O2. The van der Waals surface area contributed by atoms with Gasteiger partial charge in [0, 0.05) is 6.61 Å². The molecule has 1 aromatic carbocycles. The Hall–Kier alpha value is -0.860. The first-order valence-corrected chi connectivity index (χ1v) is 6.77. The molecule has 1 rings (SSSR count). The summed E-state index contributed by atoms with van der Waals surface area (Å²) in [6.07, 6.45) is 2.33. The Balaban J connectivity index is 1.90. The van der Waals surface area contributed by atoms with Crippen LogP contribution in [-0.2, 0) is 16.1 Å². The maximum atomic E-state index is 5.54. The maximum absolute atomic E-state index is 5.54. The van der Waals surface area contributed by atoms with Gasteiger partial charge in [0.15, 0.2) is 0 Å². The highest BCUT2D eigenvalue weighted by Crippen LogP contribution is 2.20. The molecule has 102 valence electrons. The second-order valence-electron chi connectivity index (χ2n) is 5.81. The van der Waals surface area contributed by atoms with Crippen molar-refractivity contribution in [1.82, 2.24) is 0 Å². The fourth-order valence-electron chi connectivity index (χ4n) is 1.69. The number of hydrogen-bond acceptors (Lipinski definition) is 2. The van der Waals surface area contributed by atoms with Crippen molar-refractivity contribution >= 4 is 0 Å². The highest BCUT2D eigenvalue weighted by molar-refractivity contribution is 5.13. The summed E-state index contributed by atoms with van der Waals surface area (Å²) in [7, 11) is 0. The van der Waals surface area contributed by atoms with E-state index in [1.165, 1.54) is 12.0 Å². The van der Waals surface area contributed by atoms with Crippen LogP contribution in [0.1, 0.15) is 39.2 Å². The second-order valence-corrected chi connectivity index (χ2v) is 5.81. The second kappa shape index (κ2) is 8.28. The molecule has 0 radical (unpaired) electrons. The molecule has 2 heteroatoms. The predicted octanol–water partition coefficient (Wildman–Crippen LogP) is 4.05. The molecule has 0 atom stereocenters. The average Bonchev–Trinajstić information content (AvgIpc) is 2.32. The lowest BCUT2D eigenvalue weighted by atomic mass is 9.91. The van der Waals surface area contributed by atoms with Crippen LogP contribution in [0.5, 0.6) is 0 Å². The molecule has 0 saturated carbocycles. The van der Waals surface area contributed by atoms with E-state index in [4.69, 9.17) is 9.47 Å². The molecule has 0 saturated heterocycles. The van der Waals surface area contributed by atoms with Crippen molar-refractivity contribution in [1.29, 1.82) is 0 Å². The Bertz CT molecular complexity index is 301. The van der Waals surface area contributed by atoms with Crippen LogP contribution >= 0.6 is 0 Å². The third kappa shape index (κ3) is 8.26. The summed E-state index contributed by atoms with van der Waals surface area (Å²) in [5, 5.41) is 0. The molecule has 0 aliphatic rings. The van der Waals surface area contributed by atoms with Crippen molar-refractivity contribution in [2.45, 2.75) is 40.2 Å². The molecule has 0 aliphatic heterocycles. The van der Waals surface area contributed by atoms with Crippen molar-refractivity contribution in [2.24, 2.45) is 5.41 Å². The van der Waals surface area contributed by atoms with Crippen LogP contribution in [-0.4, -0.2) is 19.8 Å². The van der Waals surface area contributed by atoms with E-state index in [1.807, 2.05) is 18.2 Å². The van der Waals surface area contributed by atoms with E-state index in [0.29, 0.717) is 25.2 Å². The van der Waals surface area contributed by atoms with Crippen LogP contribution in [0.25, 0.3) is 0 Å². The molecule has 1 aromatic rings. The Morgan fingerprint density at radius 3 is 2.22 bits per heavy atom. The van der Waals surface area contributed by atoms with Gasteiger partial charge in [0.1, 0.15) is 0 Å². The maximum Gasteiger partial charge on any atom is 0.0718 e. The number of rotatable bonds is 8. The minimum atomic E-state index is 0.410. The number of ether oxygens (including phenoxy) is 2. The largest absolute Gasteiger partial charge is 0.379 e. The Kier molecular flexibility index (Phi) is 6.99. The van der Waals surface area contributed by atoms with Gasteiger partial charge in [-0.3, -0.25) is 0 Å². The van der Waals surface area contributed by atoms with E-state index < -0.39 is 0 Å². The monoisotopic (exact) mass is 250 g/mol. The number of benzene rings is 1. The molecule has 0 N–H and O–H groups in total. The van der Waals surface area contributed by atoms with Crippen molar-refractivity contribution in [2.75, 3.05) is 19.8 Å². The lowest BCUT2D eigenvalue weighted by molar-refractivity contribution is 0.0374. The molecule has 0 bridgehead atoms. The predicted molar refractivity (Wildman–Crippen MR) is 75.6 cm³/mol. The van der Waals surface area contributed by atoms with E-state index >= 15 is 0 Å². The van der Waals surface area contributed by atoms with Crippen molar-refractivity contribution in [3.8, 4) is 0 Å². The molecule has 0 amide bonds. The van der Waals surface area contributed by atoms with Crippen molar-refractivity contribution < 1.29 is 9.47 Å². The van der Waals surface area contributed by atoms with Crippen LogP contribution < -0.4 is 0 Å². The highest BCUT2D eigenvalue weighted by Gasteiger charge is 2.08. The minimum Gasteiger partial charge on any atom is -0.379 e. The summed E-state index contributed by atoms with van der Waals surface area (Å²) in [6.45, 7) is 9.65. The Morgan fingerprint density at radius 1 is 0.889 bits per heavy atom. The lowest BCUT2D eigenvalue weighted by Crippen LogP contribution is -2.09. The van der Waals surface area contributed by atoms with E-state index in [-0.39, 0.29) is 0 Å². The third-order valence-electron chi connectivity index (χ3n) is 2.70. The molecular weight excluding hydrogens is 224 g/mol. The molecule has 0 aliphatic carbocycles. The highest BCUT2D eigenvalue weighted by atomic mass is 16.5. The first-order chi connectivity index (χ1) is 8.58. The van der Waals surface area contributed by atoms with Gasteiger partial charge in [-0.05, 0) is 23.8 Å². The van der Waals surface area contributed by atoms with Crippen LogP contribution in [0, 0.1) is 5.41 Å². The SMILES string of the molecule is CC(C)(C)CCCOCCOCc1ccccc1. The summed E-state index contributed by atoms with van der Waals surface area (Å²) in [4.78, 5) is 0.